The molecule has 0 unspecified atom stereocenters. The van der Waals surface area contributed by atoms with Gasteiger partial charge in [-0.25, -0.2) is 9.18 Å². The van der Waals surface area contributed by atoms with Crippen LogP contribution < -0.4 is 11.2 Å². The number of rotatable bonds is 1. The molecule has 2 aromatic heterocycles. The number of aromatic amines is 1. The molecular weight excluding hydrogens is 275 g/mol. The van der Waals surface area contributed by atoms with E-state index in [4.69, 9.17) is 16.0 Å². The first-order chi connectivity index (χ1) is 9.08. The maximum absolute atomic E-state index is 13.5. The second kappa shape index (κ2) is 4.10. The molecule has 3 aromatic rings. The highest BCUT2D eigenvalue weighted by Gasteiger charge is 2.14. The Balaban J connectivity index is 2.45. The largest absolute Gasteiger partial charge is 0.428 e. The lowest BCUT2D eigenvalue weighted by atomic mass is 10.2. The van der Waals surface area contributed by atoms with Crippen molar-refractivity contribution in [1.82, 2.24) is 9.55 Å². The van der Waals surface area contributed by atoms with Gasteiger partial charge in [0.25, 0.3) is 5.56 Å². The summed E-state index contributed by atoms with van der Waals surface area (Å²) >= 11 is 5.60. The van der Waals surface area contributed by atoms with Gasteiger partial charge in [0.05, 0.1) is 10.9 Å². The highest BCUT2D eigenvalue weighted by atomic mass is 35.5. The Kier molecular flexibility index (Phi) is 2.53. The van der Waals surface area contributed by atoms with E-state index in [1.807, 2.05) is 0 Å². The Morgan fingerprint density at radius 1 is 1.21 bits per heavy atom. The molecule has 0 fully saturated rings. The summed E-state index contributed by atoms with van der Waals surface area (Å²) in [5.74, 6) is -0.696. The zero-order chi connectivity index (χ0) is 13.6. The standard InChI is InChI=1S/C12H6ClFN2O3/c13-8-4-5-9(19-8)16-11(17)6-2-1-3-7(14)10(6)15-12(16)18/h1-5H,(H,15,18). The third-order valence-corrected chi connectivity index (χ3v) is 2.86. The second-order valence-corrected chi connectivity index (χ2v) is 4.18. The van der Waals surface area contributed by atoms with Crippen molar-refractivity contribution in [2.45, 2.75) is 0 Å². The van der Waals surface area contributed by atoms with Crippen molar-refractivity contribution in [3.05, 3.63) is 62.2 Å². The van der Waals surface area contributed by atoms with Crippen LogP contribution in [0.15, 0.2) is 44.3 Å². The van der Waals surface area contributed by atoms with Crippen LogP contribution in [-0.2, 0) is 0 Å². The number of H-pyrrole nitrogens is 1. The molecule has 7 heteroatoms. The van der Waals surface area contributed by atoms with Gasteiger partial charge in [0.2, 0.25) is 5.88 Å². The first kappa shape index (κ1) is 11.7. The van der Waals surface area contributed by atoms with Crippen molar-refractivity contribution >= 4 is 22.5 Å². The molecule has 0 bridgehead atoms. The minimum atomic E-state index is -0.798. The van der Waals surface area contributed by atoms with Crippen LogP contribution in [0.1, 0.15) is 0 Å². The zero-order valence-corrected chi connectivity index (χ0v) is 10.1. The van der Waals surface area contributed by atoms with Gasteiger partial charge >= 0.3 is 5.69 Å². The SMILES string of the molecule is O=c1[nH]c2c(F)cccc2c(=O)n1-c1ccc(Cl)o1. The van der Waals surface area contributed by atoms with Gasteiger partial charge in [0, 0.05) is 6.07 Å². The number of furan rings is 1. The number of nitrogens with zero attached hydrogens (tertiary/aromatic N) is 1. The molecule has 0 spiro atoms. The average molecular weight is 281 g/mol. The van der Waals surface area contributed by atoms with Gasteiger partial charge in [-0.15, -0.1) is 0 Å². The van der Waals surface area contributed by atoms with Crippen LogP contribution in [0, 0.1) is 5.82 Å². The van der Waals surface area contributed by atoms with Crippen molar-refractivity contribution < 1.29 is 8.81 Å². The first-order valence-corrected chi connectivity index (χ1v) is 5.65. The Labute approximate surface area is 109 Å². The van der Waals surface area contributed by atoms with E-state index in [-0.39, 0.29) is 22.0 Å². The molecule has 0 saturated heterocycles. The molecule has 1 N–H and O–H groups in total. The molecule has 3 rings (SSSR count). The molecule has 0 amide bonds. The number of halogens is 2. The number of fused-ring (bicyclic) bond motifs is 1. The quantitative estimate of drug-likeness (QED) is 0.742. The van der Waals surface area contributed by atoms with Crippen molar-refractivity contribution in [2.75, 3.05) is 0 Å². The van der Waals surface area contributed by atoms with Crippen LogP contribution in [0.2, 0.25) is 5.22 Å². The maximum atomic E-state index is 13.5. The molecule has 0 aliphatic rings. The predicted molar refractivity (Wildman–Crippen MR) is 67.4 cm³/mol. The van der Waals surface area contributed by atoms with Gasteiger partial charge < -0.3 is 9.40 Å². The number of nitrogens with one attached hydrogen (secondary N) is 1. The highest BCUT2D eigenvalue weighted by molar-refractivity contribution is 6.28. The summed E-state index contributed by atoms with van der Waals surface area (Å²) in [6, 6.07) is 6.74. The van der Waals surface area contributed by atoms with E-state index in [0.717, 1.165) is 10.6 Å². The summed E-state index contributed by atoms with van der Waals surface area (Å²) in [4.78, 5) is 26.3. The van der Waals surface area contributed by atoms with Gasteiger partial charge in [-0.3, -0.25) is 4.79 Å². The first-order valence-electron chi connectivity index (χ1n) is 5.27. The van der Waals surface area contributed by atoms with Gasteiger partial charge in [0.1, 0.15) is 5.82 Å². The van der Waals surface area contributed by atoms with Gasteiger partial charge in [0.15, 0.2) is 5.22 Å². The summed E-state index contributed by atoms with van der Waals surface area (Å²) in [5, 5.41) is 0.0905. The van der Waals surface area contributed by atoms with E-state index in [0.29, 0.717) is 0 Å². The minimum absolute atomic E-state index is 0.0255. The highest BCUT2D eigenvalue weighted by Crippen LogP contribution is 2.16. The van der Waals surface area contributed by atoms with E-state index in [9.17, 15) is 14.0 Å². The molecule has 0 atom stereocenters. The molecule has 5 nitrogen and oxygen atoms in total. The Bertz CT molecular complexity index is 894. The van der Waals surface area contributed by atoms with Crippen LogP contribution in [0.4, 0.5) is 4.39 Å². The molecule has 0 aliphatic carbocycles. The third-order valence-electron chi connectivity index (χ3n) is 2.66. The Morgan fingerprint density at radius 3 is 2.68 bits per heavy atom. The van der Waals surface area contributed by atoms with Crippen LogP contribution in [0.25, 0.3) is 16.8 Å². The average Bonchev–Trinajstić information content (AvgIpc) is 2.77. The number of benzene rings is 1. The second-order valence-electron chi connectivity index (χ2n) is 3.81. The smallest absolute Gasteiger partial charge is 0.336 e. The molecule has 96 valence electrons. The summed E-state index contributed by atoms with van der Waals surface area (Å²) in [7, 11) is 0. The molecule has 1 aromatic carbocycles. The zero-order valence-electron chi connectivity index (χ0n) is 9.31. The number of para-hydroxylation sites is 1. The summed E-state index contributed by atoms with van der Waals surface area (Å²) < 4.78 is 19.3. The van der Waals surface area contributed by atoms with Crippen LogP contribution in [-0.4, -0.2) is 9.55 Å². The maximum Gasteiger partial charge on any atom is 0.336 e. The topological polar surface area (TPSA) is 68.0 Å². The molecule has 0 saturated carbocycles. The van der Waals surface area contributed by atoms with Crippen molar-refractivity contribution in [1.29, 1.82) is 0 Å². The van der Waals surface area contributed by atoms with E-state index in [1.165, 1.54) is 24.3 Å². The van der Waals surface area contributed by atoms with E-state index < -0.39 is 17.1 Å². The molecular formula is C12H6ClFN2O3. The molecule has 19 heavy (non-hydrogen) atoms. The molecule has 2 heterocycles. The van der Waals surface area contributed by atoms with E-state index >= 15 is 0 Å². The lowest BCUT2D eigenvalue weighted by Gasteiger charge is -2.03. The van der Waals surface area contributed by atoms with Crippen LogP contribution in [0.5, 0.6) is 0 Å². The molecule has 0 aliphatic heterocycles. The summed E-state index contributed by atoms with van der Waals surface area (Å²) in [6.45, 7) is 0. The van der Waals surface area contributed by atoms with Gasteiger partial charge in [-0.1, -0.05) is 6.07 Å². The van der Waals surface area contributed by atoms with E-state index in [2.05, 4.69) is 4.98 Å². The summed E-state index contributed by atoms with van der Waals surface area (Å²) in [5.41, 5.74) is -1.61. The summed E-state index contributed by atoms with van der Waals surface area (Å²) in [6.07, 6.45) is 0. The minimum Gasteiger partial charge on any atom is -0.428 e. The fourth-order valence-electron chi connectivity index (χ4n) is 1.83. The van der Waals surface area contributed by atoms with Crippen molar-refractivity contribution in [3.63, 3.8) is 0 Å². The lowest BCUT2D eigenvalue weighted by Crippen LogP contribution is -2.33. The van der Waals surface area contributed by atoms with Crippen molar-refractivity contribution in [2.24, 2.45) is 0 Å². The van der Waals surface area contributed by atoms with E-state index in [1.54, 1.807) is 0 Å². The number of hydrogen-bond donors (Lipinski definition) is 1. The monoisotopic (exact) mass is 280 g/mol. The van der Waals surface area contributed by atoms with Crippen molar-refractivity contribution in [3.8, 4) is 5.88 Å². The fraction of sp³-hybridized carbons (Fsp3) is 0. The van der Waals surface area contributed by atoms with Crippen LogP contribution in [0.3, 0.4) is 0 Å². The predicted octanol–water partition coefficient (Wildman–Crippen LogP) is 2.06. The Hall–Kier alpha value is -2.34. The van der Waals surface area contributed by atoms with Crippen LogP contribution >= 0.6 is 11.6 Å². The Morgan fingerprint density at radius 2 is 2.00 bits per heavy atom. The number of hydrogen-bond acceptors (Lipinski definition) is 3. The van der Waals surface area contributed by atoms with Gasteiger partial charge in [-0.05, 0) is 29.8 Å². The lowest BCUT2D eigenvalue weighted by molar-refractivity contribution is 0.529. The van der Waals surface area contributed by atoms with Gasteiger partial charge in [-0.2, -0.15) is 4.57 Å². The third kappa shape index (κ3) is 1.77. The number of aromatic nitrogens is 2. The molecule has 0 radical (unpaired) electrons. The normalized spacial score (nSPS) is 11.1. The fourth-order valence-corrected chi connectivity index (χ4v) is 1.97.